The van der Waals surface area contributed by atoms with E-state index in [-0.39, 0.29) is 11.5 Å². The van der Waals surface area contributed by atoms with Crippen LogP contribution >= 0.6 is 11.3 Å². The average molecular weight is 387 g/mol. The van der Waals surface area contributed by atoms with Gasteiger partial charge in [-0.15, -0.1) is 0 Å². The van der Waals surface area contributed by atoms with Crippen molar-refractivity contribution in [3.05, 3.63) is 49.1 Å². The first-order valence-corrected chi connectivity index (χ1v) is 10.8. The largest absolute Gasteiger partial charge is 0.369 e. The lowest BCUT2D eigenvalue weighted by Crippen LogP contribution is -2.40. The van der Waals surface area contributed by atoms with Gasteiger partial charge in [0.05, 0.1) is 16.4 Å². The maximum Gasteiger partial charge on any atom is 0.188 e. The van der Waals surface area contributed by atoms with Crippen LogP contribution in [0.3, 0.4) is 0 Å². The van der Waals surface area contributed by atoms with Crippen molar-refractivity contribution in [3.8, 4) is 10.4 Å². The molecule has 1 aliphatic rings. The van der Waals surface area contributed by atoms with Gasteiger partial charge < -0.3 is 10.2 Å². The molecule has 7 nitrogen and oxygen atoms in total. The third-order valence-corrected chi connectivity index (χ3v) is 6.73. The Morgan fingerprint density at radius 3 is 2.58 bits per heavy atom. The van der Waals surface area contributed by atoms with E-state index in [4.69, 9.17) is 0 Å². The number of sulfone groups is 1. The third-order valence-electron chi connectivity index (χ3n) is 4.16. The number of thiazole rings is 1. The topological polar surface area (TPSA) is 88.1 Å². The molecule has 0 unspecified atom stereocenters. The zero-order chi connectivity index (χ0) is 18.0. The molecule has 0 saturated carbocycles. The van der Waals surface area contributed by atoms with Crippen molar-refractivity contribution in [1.29, 1.82) is 0 Å². The summed E-state index contributed by atoms with van der Waals surface area (Å²) in [5, 5.41) is 3.98. The van der Waals surface area contributed by atoms with Crippen molar-refractivity contribution >= 4 is 37.8 Å². The number of anilines is 3. The van der Waals surface area contributed by atoms with E-state index in [9.17, 15) is 8.42 Å². The summed E-state index contributed by atoms with van der Waals surface area (Å²) in [5.41, 5.74) is 2.03. The summed E-state index contributed by atoms with van der Waals surface area (Å²) < 4.78 is 23.2. The first-order chi connectivity index (χ1) is 12.6. The number of nitrogens with one attached hydrogen (secondary N) is 1. The molecule has 0 bridgehead atoms. The van der Waals surface area contributed by atoms with Crippen molar-refractivity contribution < 1.29 is 8.42 Å². The normalized spacial score (nSPS) is 16.4. The minimum absolute atomic E-state index is 0.194. The van der Waals surface area contributed by atoms with Gasteiger partial charge in [0.2, 0.25) is 0 Å². The van der Waals surface area contributed by atoms with Gasteiger partial charge in [0.25, 0.3) is 0 Å². The number of nitrogens with zero attached hydrogens (tertiary/aromatic N) is 4. The van der Waals surface area contributed by atoms with Gasteiger partial charge in [-0.3, -0.25) is 4.98 Å². The van der Waals surface area contributed by atoms with Crippen LogP contribution in [0.1, 0.15) is 0 Å². The smallest absolute Gasteiger partial charge is 0.188 e. The second-order valence-corrected chi connectivity index (χ2v) is 9.26. The molecular weight excluding hydrogens is 370 g/mol. The van der Waals surface area contributed by atoms with E-state index in [1.807, 2.05) is 30.5 Å². The van der Waals surface area contributed by atoms with Crippen LogP contribution in [0.15, 0.2) is 49.1 Å². The number of hydrogen-bond donors (Lipinski definition) is 1. The van der Waals surface area contributed by atoms with E-state index >= 15 is 0 Å². The molecule has 4 rings (SSSR count). The van der Waals surface area contributed by atoms with Crippen molar-refractivity contribution in [2.45, 2.75) is 0 Å². The van der Waals surface area contributed by atoms with Gasteiger partial charge in [0.1, 0.15) is 5.82 Å². The molecule has 3 aromatic heterocycles. The van der Waals surface area contributed by atoms with Crippen molar-refractivity contribution in [2.75, 3.05) is 34.8 Å². The first-order valence-electron chi connectivity index (χ1n) is 8.14. The van der Waals surface area contributed by atoms with Gasteiger partial charge in [-0.05, 0) is 23.8 Å². The summed E-state index contributed by atoms with van der Waals surface area (Å²) in [6, 6.07) is 7.71. The van der Waals surface area contributed by atoms with Crippen molar-refractivity contribution in [1.82, 2.24) is 15.0 Å². The summed E-state index contributed by atoms with van der Waals surface area (Å²) >= 11 is 1.54. The van der Waals surface area contributed by atoms with Gasteiger partial charge in [0.15, 0.2) is 15.0 Å². The van der Waals surface area contributed by atoms with Crippen LogP contribution in [0.5, 0.6) is 0 Å². The number of hydrogen-bond acceptors (Lipinski definition) is 8. The Morgan fingerprint density at radius 2 is 1.81 bits per heavy atom. The number of pyridine rings is 2. The second-order valence-electron chi connectivity index (χ2n) is 5.93. The molecule has 26 heavy (non-hydrogen) atoms. The van der Waals surface area contributed by atoms with Gasteiger partial charge in [0, 0.05) is 49.6 Å². The van der Waals surface area contributed by atoms with Crippen LogP contribution in [0, 0.1) is 0 Å². The molecule has 1 aliphatic heterocycles. The number of rotatable bonds is 4. The Morgan fingerprint density at radius 1 is 1.04 bits per heavy atom. The molecule has 0 radical (unpaired) electrons. The summed E-state index contributed by atoms with van der Waals surface area (Å²) in [6.45, 7) is 1.02. The standard InChI is InChI=1S/C17H17N5O2S2/c23-26(24)9-7-22(8-10-26)14-3-6-19-16(11-14)21-17-20-12-15(25-17)13-1-4-18-5-2-13/h1-6,11-12H,7-10H2,(H,19,20,21). The minimum Gasteiger partial charge on any atom is -0.369 e. The molecule has 4 heterocycles. The fourth-order valence-corrected chi connectivity index (χ4v) is 4.78. The fourth-order valence-electron chi connectivity index (χ4n) is 2.75. The average Bonchev–Trinajstić information content (AvgIpc) is 3.11. The molecular formula is C17H17N5O2S2. The van der Waals surface area contributed by atoms with E-state index < -0.39 is 9.84 Å². The highest BCUT2D eigenvalue weighted by molar-refractivity contribution is 7.91. The second kappa shape index (κ2) is 7.00. The maximum atomic E-state index is 11.6. The zero-order valence-corrected chi connectivity index (χ0v) is 15.5. The Hall–Kier alpha value is -2.52. The highest BCUT2D eigenvalue weighted by Gasteiger charge is 2.22. The predicted octanol–water partition coefficient (Wildman–Crippen LogP) is 2.58. The van der Waals surface area contributed by atoms with Crippen LogP contribution in [0.4, 0.5) is 16.6 Å². The Labute approximate surface area is 155 Å². The molecule has 1 fully saturated rings. The van der Waals surface area contributed by atoms with Gasteiger partial charge in [-0.1, -0.05) is 11.3 Å². The fraction of sp³-hybridized carbons (Fsp3) is 0.235. The molecule has 0 aromatic carbocycles. The Balaban J connectivity index is 1.49. The van der Waals surface area contributed by atoms with E-state index in [2.05, 4.69) is 25.2 Å². The summed E-state index contributed by atoms with van der Waals surface area (Å²) in [4.78, 5) is 15.9. The highest BCUT2D eigenvalue weighted by Crippen LogP contribution is 2.30. The third kappa shape index (κ3) is 3.83. The molecule has 0 amide bonds. The predicted molar refractivity (Wildman–Crippen MR) is 104 cm³/mol. The van der Waals surface area contributed by atoms with Crippen LogP contribution < -0.4 is 10.2 Å². The molecule has 134 valence electrons. The van der Waals surface area contributed by atoms with E-state index in [1.165, 1.54) is 11.3 Å². The zero-order valence-electron chi connectivity index (χ0n) is 13.9. The molecule has 0 atom stereocenters. The molecule has 1 N–H and O–H groups in total. The summed E-state index contributed by atoms with van der Waals surface area (Å²) in [5.74, 6) is 1.08. The van der Waals surface area contributed by atoms with Gasteiger partial charge >= 0.3 is 0 Å². The molecule has 9 heteroatoms. The van der Waals surface area contributed by atoms with Crippen LogP contribution in [0.2, 0.25) is 0 Å². The first kappa shape index (κ1) is 16.9. The van der Waals surface area contributed by atoms with Gasteiger partial charge in [-0.2, -0.15) is 0 Å². The summed E-state index contributed by atoms with van der Waals surface area (Å²) in [7, 11) is -2.89. The Kier molecular flexibility index (Phi) is 4.56. The van der Waals surface area contributed by atoms with Crippen LogP contribution in [0.25, 0.3) is 10.4 Å². The minimum atomic E-state index is -2.89. The van der Waals surface area contributed by atoms with Crippen molar-refractivity contribution in [2.24, 2.45) is 0 Å². The van der Waals surface area contributed by atoms with E-state index in [1.54, 1.807) is 18.6 Å². The van der Waals surface area contributed by atoms with Crippen LogP contribution in [-0.2, 0) is 9.84 Å². The molecule has 0 aliphatic carbocycles. The van der Waals surface area contributed by atoms with Crippen molar-refractivity contribution in [3.63, 3.8) is 0 Å². The van der Waals surface area contributed by atoms with E-state index in [0.717, 1.165) is 21.3 Å². The lowest BCUT2D eigenvalue weighted by molar-refractivity contribution is 0.587. The summed E-state index contributed by atoms with van der Waals surface area (Å²) in [6.07, 6.45) is 7.05. The maximum absolute atomic E-state index is 11.6. The molecule has 0 spiro atoms. The Bertz CT molecular complexity index is 991. The van der Waals surface area contributed by atoms with Gasteiger partial charge in [-0.25, -0.2) is 18.4 Å². The number of aromatic nitrogens is 3. The lowest BCUT2D eigenvalue weighted by atomic mass is 10.2. The SMILES string of the molecule is O=S1(=O)CCN(c2ccnc(Nc3ncc(-c4ccncc4)s3)c2)CC1. The highest BCUT2D eigenvalue weighted by atomic mass is 32.2. The molecule has 1 saturated heterocycles. The lowest BCUT2D eigenvalue weighted by Gasteiger charge is -2.28. The molecule has 3 aromatic rings. The van der Waals surface area contributed by atoms with E-state index in [0.29, 0.717) is 18.9 Å². The monoisotopic (exact) mass is 387 g/mol. The van der Waals surface area contributed by atoms with Crippen LogP contribution in [-0.4, -0.2) is 48.0 Å². The quantitative estimate of drug-likeness (QED) is 0.736.